The Morgan fingerprint density at radius 3 is 2.88 bits per heavy atom. The zero-order valence-corrected chi connectivity index (χ0v) is 11.2. The first-order valence-electron chi connectivity index (χ1n) is 5.13. The molecule has 2 heterocycles. The van der Waals surface area contributed by atoms with Crippen LogP contribution in [-0.2, 0) is 20.1 Å². The van der Waals surface area contributed by atoms with Gasteiger partial charge in [0.2, 0.25) is 0 Å². The molecule has 0 fully saturated rings. The van der Waals surface area contributed by atoms with Crippen molar-refractivity contribution in [2.24, 2.45) is 7.05 Å². The number of nitrogens with zero attached hydrogens (tertiary/aromatic N) is 2. The van der Waals surface area contributed by atoms with Gasteiger partial charge in [-0.1, -0.05) is 22.9 Å². The molecule has 0 spiro atoms. The first-order valence-corrected chi connectivity index (χ1v) is 6.39. The van der Waals surface area contributed by atoms with E-state index in [4.69, 9.17) is 11.6 Å². The zero-order chi connectivity index (χ0) is 12.4. The third-order valence-electron chi connectivity index (χ3n) is 2.46. The van der Waals surface area contributed by atoms with Gasteiger partial charge in [0.05, 0.1) is 5.69 Å². The van der Waals surface area contributed by atoms with Gasteiger partial charge < -0.3 is 10.3 Å². The summed E-state index contributed by atoms with van der Waals surface area (Å²) in [6.07, 6.45) is 0. The molecule has 0 aromatic carbocycles. The quantitative estimate of drug-likeness (QED) is 0.885. The van der Waals surface area contributed by atoms with Gasteiger partial charge >= 0.3 is 4.87 Å². The monoisotopic (exact) mass is 272 g/mol. The minimum absolute atomic E-state index is 0.0302. The zero-order valence-electron chi connectivity index (χ0n) is 9.58. The molecule has 92 valence electrons. The van der Waals surface area contributed by atoms with Gasteiger partial charge in [-0.05, 0) is 6.92 Å². The van der Waals surface area contributed by atoms with Gasteiger partial charge in [0.1, 0.15) is 5.15 Å². The highest BCUT2D eigenvalue weighted by Gasteiger charge is 2.10. The Labute approximate surface area is 107 Å². The second-order valence-electron chi connectivity index (χ2n) is 3.76. The molecule has 2 N–H and O–H groups in total. The summed E-state index contributed by atoms with van der Waals surface area (Å²) >= 11 is 7.27. The SMILES string of the molecule is Cc1nn(C)c(Cl)c1CNCc1csc(=O)[nH]1. The molecule has 7 heteroatoms. The van der Waals surface area contributed by atoms with Gasteiger partial charge in [-0.25, -0.2) is 0 Å². The van der Waals surface area contributed by atoms with Crippen LogP contribution in [0, 0.1) is 6.92 Å². The Bertz CT molecular complexity index is 571. The number of H-pyrrole nitrogens is 1. The molecular formula is C10H13ClN4OS. The molecule has 0 atom stereocenters. The van der Waals surface area contributed by atoms with Crippen molar-refractivity contribution < 1.29 is 0 Å². The average molecular weight is 273 g/mol. The molecular weight excluding hydrogens is 260 g/mol. The van der Waals surface area contributed by atoms with Crippen LogP contribution in [0.25, 0.3) is 0 Å². The fraction of sp³-hybridized carbons (Fsp3) is 0.400. The maximum atomic E-state index is 10.9. The number of rotatable bonds is 4. The van der Waals surface area contributed by atoms with Crippen molar-refractivity contribution in [3.63, 3.8) is 0 Å². The van der Waals surface area contributed by atoms with E-state index in [1.54, 1.807) is 4.68 Å². The van der Waals surface area contributed by atoms with Gasteiger partial charge in [-0.3, -0.25) is 9.48 Å². The van der Waals surface area contributed by atoms with Crippen molar-refractivity contribution in [2.75, 3.05) is 0 Å². The lowest BCUT2D eigenvalue weighted by atomic mass is 10.2. The van der Waals surface area contributed by atoms with Crippen LogP contribution in [-0.4, -0.2) is 14.8 Å². The van der Waals surface area contributed by atoms with Crippen LogP contribution < -0.4 is 10.2 Å². The van der Waals surface area contributed by atoms with E-state index in [0.717, 1.165) is 17.0 Å². The molecule has 0 bridgehead atoms. The summed E-state index contributed by atoms with van der Waals surface area (Å²) in [5.41, 5.74) is 2.80. The van der Waals surface area contributed by atoms with E-state index >= 15 is 0 Å². The number of aromatic nitrogens is 3. The second-order valence-corrected chi connectivity index (χ2v) is 4.96. The molecule has 2 aromatic heterocycles. The normalized spacial score (nSPS) is 11.0. The summed E-state index contributed by atoms with van der Waals surface area (Å²) in [6.45, 7) is 3.18. The van der Waals surface area contributed by atoms with Crippen molar-refractivity contribution >= 4 is 22.9 Å². The summed E-state index contributed by atoms with van der Waals surface area (Å²) in [5.74, 6) is 0. The summed E-state index contributed by atoms with van der Waals surface area (Å²) in [4.78, 5) is 13.6. The van der Waals surface area contributed by atoms with Crippen LogP contribution >= 0.6 is 22.9 Å². The molecule has 0 saturated carbocycles. The largest absolute Gasteiger partial charge is 0.315 e. The van der Waals surface area contributed by atoms with Crippen LogP contribution in [0.2, 0.25) is 5.15 Å². The van der Waals surface area contributed by atoms with Crippen molar-refractivity contribution in [3.05, 3.63) is 37.2 Å². The van der Waals surface area contributed by atoms with Crippen molar-refractivity contribution in [3.8, 4) is 0 Å². The Balaban J connectivity index is 1.96. The third kappa shape index (κ3) is 2.77. The van der Waals surface area contributed by atoms with Gasteiger partial charge in [0.25, 0.3) is 0 Å². The molecule has 0 unspecified atom stereocenters. The summed E-state index contributed by atoms with van der Waals surface area (Å²) in [5, 5.41) is 9.91. The highest BCUT2D eigenvalue weighted by molar-refractivity contribution is 7.07. The number of nitrogens with one attached hydrogen (secondary N) is 2. The van der Waals surface area contributed by atoms with E-state index in [1.807, 2.05) is 19.4 Å². The summed E-state index contributed by atoms with van der Waals surface area (Å²) in [6, 6.07) is 0. The second kappa shape index (κ2) is 5.03. The standard InChI is InChI=1S/C10H13ClN4OS/c1-6-8(9(11)15(2)14-6)4-12-3-7-5-17-10(16)13-7/h5,12H,3-4H2,1-2H3,(H,13,16). The molecule has 2 rings (SSSR count). The van der Waals surface area contributed by atoms with Crippen LogP contribution in [0.1, 0.15) is 17.0 Å². The Morgan fingerprint density at radius 2 is 2.35 bits per heavy atom. The Hall–Kier alpha value is -1.11. The highest BCUT2D eigenvalue weighted by atomic mass is 35.5. The van der Waals surface area contributed by atoms with Gasteiger partial charge in [0, 0.05) is 36.8 Å². The fourth-order valence-corrected chi connectivity index (χ4v) is 2.42. The Morgan fingerprint density at radius 1 is 1.59 bits per heavy atom. The van der Waals surface area contributed by atoms with Crippen molar-refractivity contribution in [2.45, 2.75) is 20.0 Å². The van der Waals surface area contributed by atoms with Crippen molar-refractivity contribution in [1.29, 1.82) is 0 Å². The maximum Gasteiger partial charge on any atom is 0.304 e. The van der Waals surface area contributed by atoms with E-state index in [0.29, 0.717) is 18.2 Å². The smallest absolute Gasteiger partial charge is 0.304 e. The lowest BCUT2D eigenvalue weighted by Gasteiger charge is -2.02. The molecule has 0 aliphatic rings. The minimum atomic E-state index is -0.0302. The maximum absolute atomic E-state index is 10.9. The van der Waals surface area contributed by atoms with Crippen LogP contribution in [0.5, 0.6) is 0 Å². The number of hydrogen-bond donors (Lipinski definition) is 2. The molecule has 0 amide bonds. The topological polar surface area (TPSA) is 62.7 Å². The lowest BCUT2D eigenvalue weighted by molar-refractivity contribution is 0.679. The number of aromatic amines is 1. The molecule has 5 nitrogen and oxygen atoms in total. The number of aryl methyl sites for hydroxylation is 2. The van der Waals surface area contributed by atoms with Crippen molar-refractivity contribution in [1.82, 2.24) is 20.1 Å². The predicted molar refractivity (Wildman–Crippen MR) is 68.4 cm³/mol. The van der Waals surface area contributed by atoms with E-state index < -0.39 is 0 Å². The highest BCUT2D eigenvalue weighted by Crippen LogP contribution is 2.18. The first kappa shape index (κ1) is 12.3. The number of hydrogen-bond acceptors (Lipinski definition) is 4. The number of halogens is 1. The van der Waals surface area contributed by atoms with Crippen LogP contribution in [0.3, 0.4) is 0 Å². The van der Waals surface area contributed by atoms with E-state index in [9.17, 15) is 4.79 Å². The Kier molecular flexibility index (Phi) is 3.66. The van der Waals surface area contributed by atoms with Gasteiger partial charge in [-0.2, -0.15) is 5.10 Å². The summed E-state index contributed by atoms with van der Waals surface area (Å²) < 4.78 is 1.65. The molecule has 2 aromatic rings. The first-order chi connectivity index (χ1) is 8.08. The van der Waals surface area contributed by atoms with E-state index in [-0.39, 0.29) is 4.87 Å². The summed E-state index contributed by atoms with van der Waals surface area (Å²) in [7, 11) is 1.81. The average Bonchev–Trinajstić information content (AvgIpc) is 2.78. The predicted octanol–water partition coefficient (Wildman–Crippen LogP) is 1.42. The molecule has 0 aliphatic heterocycles. The number of thiazole rings is 1. The molecule has 0 radical (unpaired) electrons. The molecule has 0 aliphatic carbocycles. The lowest BCUT2D eigenvalue weighted by Crippen LogP contribution is -2.14. The van der Waals surface area contributed by atoms with Gasteiger partial charge in [-0.15, -0.1) is 0 Å². The molecule has 17 heavy (non-hydrogen) atoms. The van der Waals surface area contributed by atoms with Crippen LogP contribution in [0.4, 0.5) is 0 Å². The van der Waals surface area contributed by atoms with Crippen LogP contribution in [0.15, 0.2) is 10.2 Å². The molecule has 0 saturated heterocycles. The van der Waals surface area contributed by atoms with E-state index in [1.165, 1.54) is 11.3 Å². The minimum Gasteiger partial charge on any atom is -0.315 e. The fourth-order valence-electron chi connectivity index (χ4n) is 1.60. The van der Waals surface area contributed by atoms with Gasteiger partial charge in [0.15, 0.2) is 0 Å². The third-order valence-corrected chi connectivity index (χ3v) is 3.65. The van der Waals surface area contributed by atoms with E-state index in [2.05, 4.69) is 15.4 Å².